The van der Waals surface area contributed by atoms with Gasteiger partial charge in [0.15, 0.2) is 0 Å². The van der Waals surface area contributed by atoms with E-state index < -0.39 is 0 Å². The van der Waals surface area contributed by atoms with Gasteiger partial charge in [0.05, 0.1) is 12.3 Å². The van der Waals surface area contributed by atoms with Crippen molar-refractivity contribution in [2.24, 2.45) is 0 Å². The van der Waals surface area contributed by atoms with Gasteiger partial charge in [-0.2, -0.15) is 0 Å². The summed E-state index contributed by atoms with van der Waals surface area (Å²) in [7, 11) is 1.69. The standard InChI is InChI=1S/C18H24N4O/c1-15-12-17(14-23-2)20-18(19-15)22-10-8-21(9-11-22)13-16-6-4-3-5-7-16/h3-7,12H,8-11,13-14H2,1-2H3. The van der Waals surface area contributed by atoms with Crippen LogP contribution in [0.3, 0.4) is 0 Å². The third-order valence-corrected chi connectivity index (χ3v) is 4.09. The van der Waals surface area contributed by atoms with Crippen molar-refractivity contribution in [3.63, 3.8) is 0 Å². The fraction of sp³-hybridized carbons (Fsp3) is 0.444. The Kier molecular flexibility index (Phi) is 5.20. The van der Waals surface area contributed by atoms with Gasteiger partial charge in [-0.25, -0.2) is 9.97 Å². The maximum absolute atomic E-state index is 5.19. The molecule has 0 radical (unpaired) electrons. The zero-order valence-electron chi connectivity index (χ0n) is 13.9. The van der Waals surface area contributed by atoms with Crippen LogP contribution in [0.15, 0.2) is 36.4 Å². The van der Waals surface area contributed by atoms with Crippen LogP contribution in [0.25, 0.3) is 0 Å². The van der Waals surface area contributed by atoms with Crippen LogP contribution in [0.4, 0.5) is 5.95 Å². The first-order valence-electron chi connectivity index (χ1n) is 8.09. The molecule has 3 rings (SSSR count). The quantitative estimate of drug-likeness (QED) is 0.847. The Labute approximate surface area is 137 Å². The summed E-state index contributed by atoms with van der Waals surface area (Å²) >= 11 is 0. The Morgan fingerprint density at radius 1 is 1.04 bits per heavy atom. The van der Waals surface area contributed by atoms with Gasteiger partial charge in [0.1, 0.15) is 0 Å². The number of piperazine rings is 1. The lowest BCUT2D eigenvalue weighted by Crippen LogP contribution is -2.46. The van der Waals surface area contributed by atoms with Crippen molar-refractivity contribution in [1.82, 2.24) is 14.9 Å². The molecule has 122 valence electrons. The summed E-state index contributed by atoms with van der Waals surface area (Å²) in [6, 6.07) is 12.6. The third-order valence-electron chi connectivity index (χ3n) is 4.09. The van der Waals surface area contributed by atoms with Crippen molar-refractivity contribution < 1.29 is 4.74 Å². The van der Waals surface area contributed by atoms with E-state index in [1.165, 1.54) is 5.56 Å². The lowest BCUT2D eigenvalue weighted by Gasteiger charge is -2.35. The molecule has 1 aromatic heterocycles. The van der Waals surface area contributed by atoms with Crippen molar-refractivity contribution in [3.8, 4) is 0 Å². The van der Waals surface area contributed by atoms with Gasteiger partial charge in [-0.15, -0.1) is 0 Å². The molecule has 2 heterocycles. The number of hydrogen-bond donors (Lipinski definition) is 0. The number of anilines is 1. The van der Waals surface area contributed by atoms with E-state index in [1.54, 1.807) is 7.11 Å². The topological polar surface area (TPSA) is 41.5 Å². The van der Waals surface area contributed by atoms with Crippen molar-refractivity contribution in [2.75, 3.05) is 38.2 Å². The molecule has 5 nitrogen and oxygen atoms in total. The summed E-state index contributed by atoms with van der Waals surface area (Å²) < 4.78 is 5.19. The number of rotatable bonds is 5. The van der Waals surface area contributed by atoms with Crippen LogP contribution < -0.4 is 4.90 Å². The number of aromatic nitrogens is 2. The van der Waals surface area contributed by atoms with Crippen LogP contribution in [0, 0.1) is 6.92 Å². The molecular formula is C18H24N4O. The highest BCUT2D eigenvalue weighted by atomic mass is 16.5. The van der Waals surface area contributed by atoms with E-state index in [1.807, 2.05) is 13.0 Å². The molecule has 0 saturated carbocycles. The molecule has 0 spiro atoms. The third kappa shape index (κ3) is 4.27. The summed E-state index contributed by atoms with van der Waals surface area (Å²) in [4.78, 5) is 14.0. The summed E-state index contributed by atoms with van der Waals surface area (Å²) in [6.45, 7) is 7.54. The predicted molar refractivity (Wildman–Crippen MR) is 91.4 cm³/mol. The fourth-order valence-corrected chi connectivity index (χ4v) is 2.93. The van der Waals surface area contributed by atoms with Crippen LogP contribution >= 0.6 is 0 Å². The highest BCUT2D eigenvalue weighted by Gasteiger charge is 2.19. The van der Waals surface area contributed by atoms with Gasteiger partial charge in [-0.05, 0) is 18.6 Å². The Morgan fingerprint density at radius 2 is 1.78 bits per heavy atom. The van der Waals surface area contributed by atoms with Crippen molar-refractivity contribution in [2.45, 2.75) is 20.1 Å². The van der Waals surface area contributed by atoms with Crippen LogP contribution in [0.1, 0.15) is 17.0 Å². The SMILES string of the molecule is COCc1cc(C)nc(N2CCN(Cc3ccccc3)CC2)n1. The van der Waals surface area contributed by atoms with Crippen LogP contribution in [-0.2, 0) is 17.9 Å². The Balaban J connectivity index is 1.60. The molecule has 5 heteroatoms. The van der Waals surface area contributed by atoms with Crippen LogP contribution in [0.2, 0.25) is 0 Å². The van der Waals surface area contributed by atoms with Gasteiger partial charge in [0, 0.05) is 45.5 Å². The second-order valence-corrected chi connectivity index (χ2v) is 5.98. The van der Waals surface area contributed by atoms with Gasteiger partial charge in [-0.1, -0.05) is 30.3 Å². The minimum Gasteiger partial charge on any atom is -0.378 e. The smallest absolute Gasteiger partial charge is 0.225 e. The van der Waals surface area contributed by atoms with E-state index in [0.717, 1.165) is 50.1 Å². The van der Waals surface area contributed by atoms with Crippen molar-refractivity contribution in [1.29, 1.82) is 0 Å². The minimum absolute atomic E-state index is 0.532. The highest BCUT2D eigenvalue weighted by molar-refractivity contribution is 5.33. The average molecular weight is 312 g/mol. The first kappa shape index (κ1) is 15.9. The molecule has 0 unspecified atom stereocenters. The van der Waals surface area contributed by atoms with E-state index >= 15 is 0 Å². The van der Waals surface area contributed by atoms with E-state index in [9.17, 15) is 0 Å². The predicted octanol–water partition coefficient (Wildman–Crippen LogP) is 2.25. The Morgan fingerprint density at radius 3 is 2.48 bits per heavy atom. The highest BCUT2D eigenvalue weighted by Crippen LogP contribution is 2.15. The monoisotopic (exact) mass is 312 g/mol. The molecule has 0 N–H and O–H groups in total. The summed E-state index contributed by atoms with van der Waals surface area (Å²) in [5.41, 5.74) is 3.31. The molecule has 0 aliphatic carbocycles. The molecular weight excluding hydrogens is 288 g/mol. The van der Waals surface area contributed by atoms with Crippen LogP contribution in [-0.4, -0.2) is 48.2 Å². The molecule has 1 aromatic carbocycles. The molecule has 1 aliphatic rings. The number of benzene rings is 1. The van der Waals surface area contributed by atoms with E-state index in [0.29, 0.717) is 6.61 Å². The molecule has 0 atom stereocenters. The molecule has 23 heavy (non-hydrogen) atoms. The average Bonchev–Trinajstić information content (AvgIpc) is 2.56. The van der Waals surface area contributed by atoms with Gasteiger partial charge in [-0.3, -0.25) is 4.90 Å². The molecule has 2 aromatic rings. The van der Waals surface area contributed by atoms with Gasteiger partial charge in [0.25, 0.3) is 0 Å². The lowest BCUT2D eigenvalue weighted by atomic mass is 10.2. The molecule has 1 aliphatic heterocycles. The second-order valence-electron chi connectivity index (χ2n) is 5.98. The first-order valence-corrected chi connectivity index (χ1v) is 8.09. The summed E-state index contributed by atoms with van der Waals surface area (Å²) in [5.74, 6) is 0.830. The number of aryl methyl sites for hydroxylation is 1. The number of ether oxygens (including phenoxy) is 1. The molecule has 0 bridgehead atoms. The first-order chi connectivity index (χ1) is 11.2. The van der Waals surface area contributed by atoms with Crippen molar-refractivity contribution in [3.05, 3.63) is 53.3 Å². The summed E-state index contributed by atoms with van der Waals surface area (Å²) in [5, 5.41) is 0. The Hall–Kier alpha value is -1.98. The molecule has 0 amide bonds. The van der Waals surface area contributed by atoms with Gasteiger partial charge in [0.2, 0.25) is 5.95 Å². The maximum Gasteiger partial charge on any atom is 0.225 e. The molecule has 1 saturated heterocycles. The van der Waals surface area contributed by atoms with E-state index in [4.69, 9.17) is 4.74 Å². The van der Waals surface area contributed by atoms with Crippen LogP contribution in [0.5, 0.6) is 0 Å². The zero-order valence-corrected chi connectivity index (χ0v) is 13.9. The van der Waals surface area contributed by atoms with E-state index in [-0.39, 0.29) is 0 Å². The van der Waals surface area contributed by atoms with Gasteiger partial charge >= 0.3 is 0 Å². The largest absolute Gasteiger partial charge is 0.378 e. The van der Waals surface area contributed by atoms with Crippen molar-refractivity contribution >= 4 is 5.95 Å². The van der Waals surface area contributed by atoms with Gasteiger partial charge < -0.3 is 9.64 Å². The normalized spacial score (nSPS) is 15.8. The molecule has 1 fully saturated rings. The lowest BCUT2D eigenvalue weighted by molar-refractivity contribution is 0.181. The fourth-order valence-electron chi connectivity index (χ4n) is 2.93. The maximum atomic E-state index is 5.19. The second kappa shape index (κ2) is 7.53. The minimum atomic E-state index is 0.532. The number of hydrogen-bond acceptors (Lipinski definition) is 5. The number of nitrogens with zero attached hydrogens (tertiary/aromatic N) is 4. The van der Waals surface area contributed by atoms with E-state index in [2.05, 4.69) is 50.1 Å². The number of methoxy groups -OCH3 is 1. The zero-order chi connectivity index (χ0) is 16.1. The Bertz CT molecular complexity index is 624. The summed E-state index contributed by atoms with van der Waals surface area (Å²) in [6.07, 6.45) is 0.